The van der Waals surface area contributed by atoms with Gasteiger partial charge in [0, 0.05) is 12.3 Å². The molecule has 2 saturated carbocycles. The molecule has 4 nitrogen and oxygen atoms in total. The van der Waals surface area contributed by atoms with Gasteiger partial charge in [0.05, 0.1) is 18.8 Å². The second kappa shape index (κ2) is 10.4. The van der Waals surface area contributed by atoms with Crippen molar-refractivity contribution in [1.82, 2.24) is 0 Å². The number of ether oxygens (including phenoxy) is 1. The minimum absolute atomic E-state index is 0.143. The van der Waals surface area contributed by atoms with Gasteiger partial charge in [0.2, 0.25) is 0 Å². The van der Waals surface area contributed by atoms with E-state index in [1.807, 2.05) is 13.0 Å². The first-order chi connectivity index (χ1) is 12.9. The number of aliphatic hydroxyl groups is 2. The van der Waals surface area contributed by atoms with Crippen molar-refractivity contribution in [3.63, 3.8) is 0 Å². The van der Waals surface area contributed by atoms with Gasteiger partial charge in [-0.05, 0) is 57.3 Å². The third kappa shape index (κ3) is 6.76. The number of allylic oxidation sites excluding steroid dienone is 2. The van der Waals surface area contributed by atoms with Gasteiger partial charge in [-0.25, -0.2) is 0 Å². The Labute approximate surface area is 164 Å². The smallest absolute Gasteiger partial charge is 0.305 e. The van der Waals surface area contributed by atoms with Crippen molar-refractivity contribution in [2.75, 3.05) is 7.11 Å². The lowest BCUT2D eigenvalue weighted by Crippen LogP contribution is -2.23. The molecule has 1 unspecified atom stereocenters. The number of carbonyl (C=O) groups is 1. The van der Waals surface area contributed by atoms with E-state index in [0.717, 1.165) is 57.8 Å². The molecule has 0 heterocycles. The monoisotopic (exact) mass is 378 g/mol. The van der Waals surface area contributed by atoms with Gasteiger partial charge in [-0.1, -0.05) is 50.0 Å². The minimum Gasteiger partial charge on any atom is -0.469 e. The highest BCUT2D eigenvalue weighted by molar-refractivity contribution is 5.69. The predicted molar refractivity (Wildman–Crippen MR) is 108 cm³/mol. The lowest BCUT2D eigenvalue weighted by Gasteiger charge is -2.22. The first-order valence-corrected chi connectivity index (χ1v) is 10.7. The lowest BCUT2D eigenvalue weighted by molar-refractivity contribution is -0.140. The highest BCUT2D eigenvalue weighted by atomic mass is 16.5. The van der Waals surface area contributed by atoms with Gasteiger partial charge >= 0.3 is 5.97 Å². The Balaban J connectivity index is 1.87. The molecule has 2 fully saturated rings. The summed E-state index contributed by atoms with van der Waals surface area (Å²) in [5.41, 5.74) is 0.688. The van der Waals surface area contributed by atoms with Crippen LogP contribution in [0.3, 0.4) is 0 Å². The molecule has 2 aliphatic carbocycles. The fourth-order valence-corrected chi connectivity index (χ4v) is 4.73. The van der Waals surface area contributed by atoms with Crippen molar-refractivity contribution in [2.24, 2.45) is 17.8 Å². The summed E-state index contributed by atoms with van der Waals surface area (Å²) >= 11 is 0. The van der Waals surface area contributed by atoms with Gasteiger partial charge < -0.3 is 14.9 Å². The number of fused-ring (bicyclic) bond motifs is 1. The average Bonchev–Trinajstić information content (AvgIpc) is 3.13. The topological polar surface area (TPSA) is 66.8 Å². The molecule has 0 bridgehead atoms. The van der Waals surface area contributed by atoms with E-state index in [4.69, 9.17) is 0 Å². The molecule has 5 atom stereocenters. The van der Waals surface area contributed by atoms with Crippen molar-refractivity contribution in [3.8, 4) is 0 Å². The molecule has 0 saturated heterocycles. The van der Waals surface area contributed by atoms with Gasteiger partial charge in [0.15, 0.2) is 0 Å². The molecule has 0 aromatic heterocycles. The maximum atomic E-state index is 11.2. The zero-order valence-electron chi connectivity index (χ0n) is 17.3. The van der Waals surface area contributed by atoms with Crippen LogP contribution in [0.4, 0.5) is 0 Å². The van der Waals surface area contributed by atoms with Crippen molar-refractivity contribution in [2.45, 2.75) is 89.8 Å². The quantitative estimate of drug-likeness (QED) is 0.332. The Morgan fingerprint density at radius 1 is 1.30 bits per heavy atom. The van der Waals surface area contributed by atoms with Crippen LogP contribution in [0.1, 0.15) is 78.1 Å². The second-order valence-corrected chi connectivity index (χ2v) is 8.72. The molecule has 0 radical (unpaired) electrons. The summed E-state index contributed by atoms with van der Waals surface area (Å²) in [6.45, 7) is 4.04. The number of aliphatic hydroxyl groups excluding tert-OH is 1. The van der Waals surface area contributed by atoms with E-state index in [1.165, 1.54) is 12.7 Å². The summed E-state index contributed by atoms with van der Waals surface area (Å²) < 4.78 is 4.68. The fourth-order valence-electron chi connectivity index (χ4n) is 4.73. The van der Waals surface area contributed by atoms with E-state index in [0.29, 0.717) is 18.3 Å². The number of hydrogen-bond acceptors (Lipinski definition) is 4. The predicted octanol–water partition coefficient (Wildman–Crippen LogP) is 4.55. The SMILES string of the molecule is CCCCCC(C)(O)C=C[C@H]1[C@@H]2CC(=CCCCC(=O)OC)C[C@H]2C[C@@H]1O. The van der Waals surface area contributed by atoms with Crippen LogP contribution in [-0.4, -0.2) is 35.0 Å². The van der Waals surface area contributed by atoms with Crippen LogP contribution in [0.25, 0.3) is 0 Å². The van der Waals surface area contributed by atoms with Crippen LogP contribution in [0.2, 0.25) is 0 Å². The van der Waals surface area contributed by atoms with Crippen molar-refractivity contribution in [3.05, 3.63) is 23.8 Å². The number of hydrogen-bond donors (Lipinski definition) is 2. The van der Waals surface area contributed by atoms with Crippen molar-refractivity contribution < 1.29 is 19.7 Å². The standard InChI is InChI=1S/C23H38O4/c1-4-5-8-12-23(2,26)13-11-19-20-15-17(14-18(20)16-21(19)24)9-6-7-10-22(25)27-3/h9,11,13,18-21,24,26H,4-8,10,12,14-16H2,1-3H3/t18-,19-,20+,21-,23?/m0/s1. The number of unbranched alkanes of at least 4 members (excludes halogenated alkanes) is 3. The van der Waals surface area contributed by atoms with Crippen LogP contribution >= 0.6 is 0 Å². The Bertz CT molecular complexity index is 534. The first kappa shape index (κ1) is 22.2. The summed E-state index contributed by atoms with van der Waals surface area (Å²) in [5.74, 6) is 1.03. The summed E-state index contributed by atoms with van der Waals surface area (Å²) in [5, 5.41) is 21.1. The molecule has 154 valence electrons. The Hall–Kier alpha value is -1.13. The molecule has 0 aromatic carbocycles. The highest BCUT2D eigenvalue weighted by Crippen LogP contribution is 2.50. The van der Waals surface area contributed by atoms with Gasteiger partial charge in [0.25, 0.3) is 0 Å². The molecule has 2 rings (SSSR count). The molecule has 4 heteroatoms. The van der Waals surface area contributed by atoms with Crippen LogP contribution in [0, 0.1) is 17.8 Å². The van der Waals surface area contributed by atoms with Gasteiger partial charge in [-0.3, -0.25) is 4.79 Å². The van der Waals surface area contributed by atoms with Crippen molar-refractivity contribution >= 4 is 5.97 Å². The molecule has 0 aliphatic heterocycles. The van der Waals surface area contributed by atoms with Gasteiger partial charge in [0.1, 0.15) is 0 Å². The molecular weight excluding hydrogens is 340 g/mol. The van der Waals surface area contributed by atoms with Crippen molar-refractivity contribution in [1.29, 1.82) is 0 Å². The summed E-state index contributed by atoms with van der Waals surface area (Å²) in [4.78, 5) is 11.2. The number of methoxy groups -OCH3 is 1. The Morgan fingerprint density at radius 2 is 2.07 bits per heavy atom. The number of esters is 1. The number of rotatable bonds is 10. The van der Waals surface area contributed by atoms with E-state index in [1.54, 1.807) is 0 Å². The highest BCUT2D eigenvalue weighted by Gasteiger charge is 2.45. The zero-order valence-corrected chi connectivity index (χ0v) is 17.3. The van der Waals surface area contributed by atoms with E-state index in [2.05, 4.69) is 23.8 Å². The third-order valence-corrected chi connectivity index (χ3v) is 6.32. The van der Waals surface area contributed by atoms with E-state index >= 15 is 0 Å². The number of carbonyl (C=O) groups excluding carboxylic acids is 1. The minimum atomic E-state index is -0.780. The van der Waals surface area contributed by atoms with E-state index in [-0.39, 0.29) is 18.0 Å². The summed E-state index contributed by atoms with van der Waals surface area (Å²) in [6, 6.07) is 0. The molecular formula is C23H38O4. The van der Waals surface area contributed by atoms with Crippen LogP contribution in [0.5, 0.6) is 0 Å². The van der Waals surface area contributed by atoms with E-state index in [9.17, 15) is 15.0 Å². The van der Waals surface area contributed by atoms with Gasteiger partial charge in [-0.15, -0.1) is 0 Å². The Kier molecular flexibility index (Phi) is 8.56. The average molecular weight is 379 g/mol. The molecule has 27 heavy (non-hydrogen) atoms. The molecule has 2 aliphatic rings. The largest absolute Gasteiger partial charge is 0.469 e. The summed E-state index contributed by atoms with van der Waals surface area (Å²) in [7, 11) is 1.43. The van der Waals surface area contributed by atoms with E-state index < -0.39 is 5.60 Å². The fraction of sp³-hybridized carbons (Fsp3) is 0.783. The maximum absolute atomic E-state index is 11.2. The van der Waals surface area contributed by atoms with Gasteiger partial charge in [-0.2, -0.15) is 0 Å². The Morgan fingerprint density at radius 3 is 2.78 bits per heavy atom. The lowest BCUT2D eigenvalue weighted by atomic mass is 9.88. The molecule has 2 N–H and O–H groups in total. The second-order valence-electron chi connectivity index (χ2n) is 8.72. The van der Waals surface area contributed by atoms with Crippen LogP contribution in [0.15, 0.2) is 23.8 Å². The summed E-state index contributed by atoms with van der Waals surface area (Å²) in [6.07, 6.45) is 15.3. The normalized spacial score (nSPS) is 31.4. The molecule has 0 amide bonds. The van der Waals surface area contributed by atoms with Crippen LogP contribution < -0.4 is 0 Å². The molecule has 0 spiro atoms. The first-order valence-electron chi connectivity index (χ1n) is 10.7. The third-order valence-electron chi connectivity index (χ3n) is 6.32. The maximum Gasteiger partial charge on any atom is 0.305 e. The zero-order chi connectivity index (χ0) is 19.9. The van der Waals surface area contributed by atoms with Crippen LogP contribution in [-0.2, 0) is 9.53 Å². The molecule has 0 aromatic rings.